The molecule has 0 saturated carbocycles. The molecular formula is C17H19NO2. The molecule has 3 nitrogen and oxygen atoms in total. The lowest BCUT2D eigenvalue weighted by molar-refractivity contribution is 0.0219. The van der Waals surface area contributed by atoms with Crippen LogP contribution in [-0.2, 0) is 4.74 Å². The summed E-state index contributed by atoms with van der Waals surface area (Å²) in [6.07, 6.45) is -0.311. The van der Waals surface area contributed by atoms with Gasteiger partial charge in [-0.2, -0.15) is 0 Å². The van der Waals surface area contributed by atoms with E-state index in [1.165, 1.54) is 0 Å². The van der Waals surface area contributed by atoms with Crippen LogP contribution in [0, 0.1) is 0 Å². The SMILES string of the molecule is CNC(C)C(OC(=O)c1ccccc1)c1ccccc1. The van der Waals surface area contributed by atoms with E-state index in [2.05, 4.69) is 5.32 Å². The van der Waals surface area contributed by atoms with Crippen molar-refractivity contribution in [2.45, 2.75) is 19.1 Å². The molecule has 104 valence electrons. The summed E-state index contributed by atoms with van der Waals surface area (Å²) < 4.78 is 5.67. The van der Waals surface area contributed by atoms with Crippen LogP contribution in [0.15, 0.2) is 60.7 Å². The zero-order valence-electron chi connectivity index (χ0n) is 11.7. The van der Waals surface area contributed by atoms with Crippen molar-refractivity contribution in [2.75, 3.05) is 7.05 Å². The van der Waals surface area contributed by atoms with Crippen LogP contribution >= 0.6 is 0 Å². The zero-order chi connectivity index (χ0) is 14.4. The van der Waals surface area contributed by atoms with Crippen molar-refractivity contribution in [2.24, 2.45) is 0 Å². The molecule has 1 N–H and O–H groups in total. The summed E-state index contributed by atoms with van der Waals surface area (Å²) in [5.74, 6) is -0.304. The molecule has 2 aromatic rings. The average molecular weight is 269 g/mol. The predicted molar refractivity (Wildman–Crippen MR) is 79.6 cm³/mol. The molecule has 2 aromatic carbocycles. The summed E-state index contributed by atoms with van der Waals surface area (Å²) in [5.41, 5.74) is 1.55. The van der Waals surface area contributed by atoms with E-state index >= 15 is 0 Å². The molecule has 0 radical (unpaired) electrons. The summed E-state index contributed by atoms with van der Waals surface area (Å²) in [5, 5.41) is 3.14. The fourth-order valence-corrected chi connectivity index (χ4v) is 2.01. The lowest BCUT2D eigenvalue weighted by Crippen LogP contribution is -2.32. The van der Waals surface area contributed by atoms with Crippen molar-refractivity contribution >= 4 is 5.97 Å². The Morgan fingerprint density at radius 3 is 2.10 bits per heavy atom. The lowest BCUT2D eigenvalue weighted by Gasteiger charge is -2.24. The normalized spacial score (nSPS) is 13.5. The van der Waals surface area contributed by atoms with Gasteiger partial charge in [0.2, 0.25) is 0 Å². The zero-order valence-corrected chi connectivity index (χ0v) is 11.7. The standard InChI is InChI=1S/C17H19NO2/c1-13(18-2)16(14-9-5-3-6-10-14)20-17(19)15-11-7-4-8-12-15/h3-13,16,18H,1-2H3. The van der Waals surface area contributed by atoms with Gasteiger partial charge in [-0.15, -0.1) is 0 Å². The Labute approximate surface area is 119 Å². The van der Waals surface area contributed by atoms with Crippen LogP contribution < -0.4 is 5.32 Å². The largest absolute Gasteiger partial charge is 0.452 e. The van der Waals surface area contributed by atoms with Gasteiger partial charge in [0, 0.05) is 6.04 Å². The van der Waals surface area contributed by atoms with Gasteiger partial charge in [0.25, 0.3) is 0 Å². The van der Waals surface area contributed by atoms with Crippen molar-refractivity contribution in [1.82, 2.24) is 5.32 Å². The van der Waals surface area contributed by atoms with Gasteiger partial charge < -0.3 is 10.1 Å². The highest BCUT2D eigenvalue weighted by Crippen LogP contribution is 2.22. The molecule has 2 unspecified atom stereocenters. The first-order chi connectivity index (χ1) is 9.72. The Morgan fingerprint density at radius 2 is 1.55 bits per heavy atom. The number of esters is 1. The molecule has 0 bridgehead atoms. The molecule has 0 heterocycles. The molecule has 0 aromatic heterocycles. The van der Waals surface area contributed by atoms with Crippen LogP contribution in [0.1, 0.15) is 28.9 Å². The third kappa shape index (κ3) is 3.45. The molecule has 0 saturated heterocycles. The third-order valence-corrected chi connectivity index (χ3v) is 3.28. The van der Waals surface area contributed by atoms with E-state index in [9.17, 15) is 4.79 Å². The van der Waals surface area contributed by atoms with Crippen molar-refractivity contribution < 1.29 is 9.53 Å². The van der Waals surface area contributed by atoms with Gasteiger partial charge in [-0.1, -0.05) is 48.5 Å². The van der Waals surface area contributed by atoms with Crippen molar-refractivity contribution in [1.29, 1.82) is 0 Å². The minimum absolute atomic E-state index is 0.0325. The molecule has 2 atom stereocenters. The van der Waals surface area contributed by atoms with Crippen LogP contribution in [0.25, 0.3) is 0 Å². The fourth-order valence-electron chi connectivity index (χ4n) is 2.01. The van der Waals surface area contributed by atoms with E-state index in [4.69, 9.17) is 4.74 Å². The second-order valence-electron chi connectivity index (χ2n) is 4.68. The van der Waals surface area contributed by atoms with Crippen molar-refractivity contribution in [3.05, 3.63) is 71.8 Å². The highest BCUT2D eigenvalue weighted by atomic mass is 16.5. The maximum absolute atomic E-state index is 12.2. The van der Waals surface area contributed by atoms with Gasteiger partial charge in [-0.3, -0.25) is 0 Å². The van der Waals surface area contributed by atoms with E-state index in [0.29, 0.717) is 5.56 Å². The molecule has 0 fully saturated rings. The molecule has 0 aliphatic heterocycles. The van der Waals surface area contributed by atoms with Gasteiger partial charge in [0.05, 0.1) is 5.56 Å². The number of rotatable bonds is 5. The quantitative estimate of drug-likeness (QED) is 0.847. The lowest BCUT2D eigenvalue weighted by atomic mass is 10.0. The number of ether oxygens (including phenoxy) is 1. The summed E-state index contributed by atoms with van der Waals surface area (Å²) in [7, 11) is 1.86. The molecule has 20 heavy (non-hydrogen) atoms. The van der Waals surface area contributed by atoms with Crippen molar-refractivity contribution in [3.8, 4) is 0 Å². The highest BCUT2D eigenvalue weighted by Gasteiger charge is 2.22. The van der Waals surface area contributed by atoms with Crippen LogP contribution in [0.5, 0.6) is 0 Å². The Bertz CT molecular complexity index is 539. The predicted octanol–water partition coefficient (Wildman–Crippen LogP) is 3.19. The average Bonchev–Trinajstić information content (AvgIpc) is 2.53. The van der Waals surface area contributed by atoms with Crippen LogP contribution in [0.3, 0.4) is 0 Å². The van der Waals surface area contributed by atoms with E-state index < -0.39 is 0 Å². The number of nitrogens with one attached hydrogen (secondary N) is 1. The Hall–Kier alpha value is -2.13. The third-order valence-electron chi connectivity index (χ3n) is 3.28. The Kier molecular flexibility index (Phi) is 4.91. The molecule has 2 rings (SSSR count). The topological polar surface area (TPSA) is 38.3 Å². The maximum Gasteiger partial charge on any atom is 0.338 e. The monoisotopic (exact) mass is 269 g/mol. The summed E-state index contributed by atoms with van der Waals surface area (Å²) in [4.78, 5) is 12.2. The van der Waals surface area contributed by atoms with E-state index in [1.54, 1.807) is 12.1 Å². The molecule has 0 aliphatic rings. The van der Waals surface area contributed by atoms with E-state index in [-0.39, 0.29) is 18.1 Å². The van der Waals surface area contributed by atoms with Crippen LogP contribution in [0.2, 0.25) is 0 Å². The Morgan fingerprint density at radius 1 is 1.00 bits per heavy atom. The number of hydrogen-bond donors (Lipinski definition) is 1. The van der Waals surface area contributed by atoms with Gasteiger partial charge in [0.1, 0.15) is 6.10 Å². The number of carbonyl (C=O) groups is 1. The number of carbonyl (C=O) groups excluding carboxylic acids is 1. The minimum atomic E-state index is -0.311. The van der Waals surface area contributed by atoms with Gasteiger partial charge in [-0.25, -0.2) is 4.79 Å². The number of benzene rings is 2. The van der Waals surface area contributed by atoms with Gasteiger partial charge in [-0.05, 0) is 31.7 Å². The first-order valence-corrected chi connectivity index (χ1v) is 6.70. The molecule has 0 spiro atoms. The Balaban J connectivity index is 2.19. The highest BCUT2D eigenvalue weighted by molar-refractivity contribution is 5.89. The van der Waals surface area contributed by atoms with Gasteiger partial charge in [0.15, 0.2) is 0 Å². The minimum Gasteiger partial charge on any atom is -0.452 e. The van der Waals surface area contributed by atoms with E-state index in [0.717, 1.165) is 5.56 Å². The smallest absolute Gasteiger partial charge is 0.338 e. The summed E-state index contributed by atoms with van der Waals surface area (Å²) >= 11 is 0. The summed E-state index contributed by atoms with van der Waals surface area (Å²) in [6.45, 7) is 2.00. The number of hydrogen-bond acceptors (Lipinski definition) is 3. The second kappa shape index (κ2) is 6.87. The number of likely N-dealkylation sites (N-methyl/N-ethyl adjacent to an activating group) is 1. The molecule has 0 amide bonds. The summed E-state index contributed by atoms with van der Waals surface area (Å²) in [6, 6.07) is 18.9. The van der Waals surface area contributed by atoms with Gasteiger partial charge >= 0.3 is 5.97 Å². The molecule has 0 aliphatic carbocycles. The van der Waals surface area contributed by atoms with E-state index in [1.807, 2.05) is 62.5 Å². The fraction of sp³-hybridized carbons (Fsp3) is 0.235. The van der Waals surface area contributed by atoms with Crippen molar-refractivity contribution in [3.63, 3.8) is 0 Å². The molecular weight excluding hydrogens is 250 g/mol. The molecule has 3 heteroatoms. The van der Waals surface area contributed by atoms with Crippen LogP contribution in [0.4, 0.5) is 0 Å². The van der Waals surface area contributed by atoms with Crippen LogP contribution in [-0.4, -0.2) is 19.1 Å². The maximum atomic E-state index is 12.2. The first kappa shape index (κ1) is 14.3. The second-order valence-corrected chi connectivity index (χ2v) is 4.68. The first-order valence-electron chi connectivity index (χ1n) is 6.70.